The van der Waals surface area contributed by atoms with E-state index in [0.717, 1.165) is 77.6 Å². The first kappa shape index (κ1) is 21.2. The molecule has 0 amide bonds. The third kappa shape index (κ3) is 7.17. The van der Waals surface area contributed by atoms with Gasteiger partial charge in [-0.3, -0.25) is 14.6 Å². The number of hydrogen-bond acceptors (Lipinski definition) is 6. The number of Topliss-reactive ketones (excluding diaryl/α,β-unsaturated/α-hetero) is 1. The van der Waals surface area contributed by atoms with Crippen LogP contribution in [0.5, 0.6) is 5.75 Å². The number of hydrogen-bond donors (Lipinski definition) is 1. The molecule has 0 aromatic heterocycles. The molecular weight excluding hydrogens is 354 g/mol. The minimum Gasteiger partial charge on any atom is -0.492 e. The molecule has 1 aromatic rings. The zero-order chi connectivity index (χ0) is 19.6. The first-order chi connectivity index (χ1) is 13.7. The number of piperidine rings is 1. The van der Waals surface area contributed by atoms with Crippen LogP contribution in [0, 0.1) is 5.92 Å². The van der Waals surface area contributed by atoms with Gasteiger partial charge in [0.25, 0.3) is 0 Å². The Hall–Kier alpha value is -1.47. The van der Waals surface area contributed by atoms with Crippen LogP contribution in [0.4, 0.5) is 0 Å². The molecule has 2 aliphatic heterocycles. The van der Waals surface area contributed by atoms with Crippen molar-refractivity contribution in [3.8, 4) is 5.75 Å². The van der Waals surface area contributed by atoms with Gasteiger partial charge < -0.3 is 14.8 Å². The summed E-state index contributed by atoms with van der Waals surface area (Å²) in [5.74, 6) is 1.79. The smallest absolute Gasteiger partial charge is 0.147 e. The second-order valence-electron chi connectivity index (χ2n) is 7.88. The summed E-state index contributed by atoms with van der Waals surface area (Å²) in [5, 5.41) is 3.44. The zero-order valence-corrected chi connectivity index (χ0v) is 17.2. The summed E-state index contributed by atoms with van der Waals surface area (Å²) >= 11 is 0. The Labute approximate surface area is 169 Å². The monoisotopic (exact) mass is 389 g/mol. The quantitative estimate of drug-likeness (QED) is 0.616. The molecular formula is C22H35N3O3. The lowest BCUT2D eigenvalue weighted by Crippen LogP contribution is -2.40. The lowest BCUT2D eigenvalue weighted by atomic mass is 9.94. The summed E-state index contributed by atoms with van der Waals surface area (Å²) in [6.07, 6.45) is 1.83. The standard InChI is InChI=1S/C22H35N3O3/c1-2-19-15-21(26)18-25(16-19)17-20-3-5-22(6-4-20)28-12-8-23-7-9-24-10-13-27-14-11-24/h3-6,19,23H,2,7-18H2,1H3. The predicted octanol–water partition coefficient (Wildman–Crippen LogP) is 1.79. The third-order valence-electron chi connectivity index (χ3n) is 5.60. The van der Waals surface area contributed by atoms with Crippen molar-refractivity contribution in [1.29, 1.82) is 0 Å². The maximum Gasteiger partial charge on any atom is 0.147 e. The fourth-order valence-electron chi connectivity index (χ4n) is 3.90. The highest BCUT2D eigenvalue weighted by molar-refractivity contribution is 5.81. The average molecular weight is 390 g/mol. The molecule has 1 N–H and O–H groups in total. The van der Waals surface area contributed by atoms with Crippen LogP contribution in [-0.2, 0) is 16.1 Å². The lowest BCUT2D eigenvalue weighted by Gasteiger charge is -2.31. The van der Waals surface area contributed by atoms with Gasteiger partial charge in [0.1, 0.15) is 18.1 Å². The van der Waals surface area contributed by atoms with E-state index in [0.29, 0.717) is 24.9 Å². The normalized spacial score (nSPS) is 21.8. The maximum atomic E-state index is 11.9. The van der Waals surface area contributed by atoms with Gasteiger partial charge in [-0.15, -0.1) is 0 Å². The van der Waals surface area contributed by atoms with Crippen molar-refractivity contribution >= 4 is 5.78 Å². The highest BCUT2D eigenvalue weighted by atomic mass is 16.5. The van der Waals surface area contributed by atoms with Crippen molar-refractivity contribution in [1.82, 2.24) is 15.1 Å². The van der Waals surface area contributed by atoms with E-state index in [1.165, 1.54) is 5.56 Å². The predicted molar refractivity (Wildman–Crippen MR) is 111 cm³/mol. The largest absolute Gasteiger partial charge is 0.492 e. The molecule has 2 heterocycles. The van der Waals surface area contributed by atoms with Crippen molar-refractivity contribution < 1.29 is 14.3 Å². The number of carbonyl (C=O) groups is 1. The Balaban J connectivity index is 1.30. The average Bonchev–Trinajstić information content (AvgIpc) is 2.72. The Kier molecular flexibility index (Phi) is 8.73. The van der Waals surface area contributed by atoms with Crippen molar-refractivity contribution in [2.24, 2.45) is 5.92 Å². The Morgan fingerprint density at radius 2 is 1.93 bits per heavy atom. The number of likely N-dealkylation sites (tertiary alicyclic amines) is 1. The number of rotatable bonds is 10. The molecule has 3 rings (SSSR count). The zero-order valence-electron chi connectivity index (χ0n) is 17.2. The van der Waals surface area contributed by atoms with E-state index in [4.69, 9.17) is 9.47 Å². The van der Waals surface area contributed by atoms with Gasteiger partial charge in [-0.1, -0.05) is 25.5 Å². The molecule has 1 atom stereocenters. The van der Waals surface area contributed by atoms with Gasteiger partial charge in [-0.05, 0) is 23.6 Å². The van der Waals surface area contributed by atoms with Crippen LogP contribution in [0.1, 0.15) is 25.3 Å². The van der Waals surface area contributed by atoms with Crippen molar-refractivity contribution in [3.63, 3.8) is 0 Å². The summed E-state index contributed by atoms with van der Waals surface area (Å²) < 4.78 is 11.2. The molecule has 0 spiro atoms. The van der Waals surface area contributed by atoms with E-state index in [1.807, 2.05) is 12.1 Å². The molecule has 0 bridgehead atoms. The van der Waals surface area contributed by atoms with Gasteiger partial charge in [-0.25, -0.2) is 0 Å². The first-order valence-electron chi connectivity index (χ1n) is 10.7. The molecule has 28 heavy (non-hydrogen) atoms. The highest BCUT2D eigenvalue weighted by Crippen LogP contribution is 2.20. The highest BCUT2D eigenvalue weighted by Gasteiger charge is 2.24. The Bertz CT molecular complexity index is 587. The Morgan fingerprint density at radius 3 is 2.68 bits per heavy atom. The number of nitrogens with zero attached hydrogens (tertiary/aromatic N) is 2. The Morgan fingerprint density at radius 1 is 1.14 bits per heavy atom. The second kappa shape index (κ2) is 11.5. The van der Waals surface area contributed by atoms with Gasteiger partial charge in [0.15, 0.2) is 0 Å². The fourth-order valence-corrected chi connectivity index (χ4v) is 3.90. The molecule has 2 aliphatic rings. The van der Waals surface area contributed by atoms with Gasteiger partial charge in [0, 0.05) is 52.2 Å². The van der Waals surface area contributed by atoms with Crippen LogP contribution in [0.3, 0.4) is 0 Å². The summed E-state index contributed by atoms with van der Waals surface area (Å²) in [7, 11) is 0. The summed E-state index contributed by atoms with van der Waals surface area (Å²) in [6, 6.07) is 8.29. The van der Waals surface area contributed by atoms with Crippen LogP contribution in [0.25, 0.3) is 0 Å². The van der Waals surface area contributed by atoms with Gasteiger partial charge >= 0.3 is 0 Å². The van der Waals surface area contributed by atoms with Gasteiger partial charge in [-0.2, -0.15) is 0 Å². The number of carbonyl (C=O) groups excluding carboxylic acids is 1. The van der Waals surface area contributed by atoms with Crippen molar-refractivity contribution in [2.75, 3.05) is 65.6 Å². The first-order valence-corrected chi connectivity index (χ1v) is 10.7. The minimum atomic E-state index is 0.374. The summed E-state index contributed by atoms with van der Waals surface area (Å²) in [5.41, 5.74) is 1.24. The maximum absolute atomic E-state index is 11.9. The third-order valence-corrected chi connectivity index (χ3v) is 5.60. The van der Waals surface area contributed by atoms with Crippen LogP contribution < -0.4 is 10.1 Å². The summed E-state index contributed by atoms with van der Waals surface area (Å²) in [4.78, 5) is 16.6. The number of ether oxygens (including phenoxy) is 2. The lowest BCUT2D eigenvalue weighted by molar-refractivity contribution is -0.124. The van der Waals surface area contributed by atoms with Gasteiger partial charge in [0.2, 0.25) is 0 Å². The number of benzene rings is 1. The van der Waals surface area contributed by atoms with Crippen molar-refractivity contribution in [2.45, 2.75) is 26.3 Å². The molecule has 2 fully saturated rings. The molecule has 156 valence electrons. The minimum absolute atomic E-state index is 0.374. The molecule has 6 heteroatoms. The van der Waals surface area contributed by atoms with Crippen LogP contribution in [0.15, 0.2) is 24.3 Å². The number of nitrogens with one attached hydrogen (secondary N) is 1. The topological polar surface area (TPSA) is 54.0 Å². The fraction of sp³-hybridized carbons (Fsp3) is 0.682. The van der Waals surface area contributed by atoms with E-state index in [-0.39, 0.29) is 0 Å². The van der Waals surface area contributed by atoms with E-state index >= 15 is 0 Å². The molecule has 1 aromatic carbocycles. The van der Waals surface area contributed by atoms with Crippen molar-refractivity contribution in [3.05, 3.63) is 29.8 Å². The molecule has 1 unspecified atom stereocenters. The molecule has 0 radical (unpaired) electrons. The molecule has 2 saturated heterocycles. The van der Waals surface area contributed by atoms with E-state index in [1.54, 1.807) is 0 Å². The van der Waals surface area contributed by atoms with Crippen LogP contribution in [-0.4, -0.2) is 81.2 Å². The SMILES string of the molecule is CCC1CC(=O)CN(Cc2ccc(OCCNCCN3CCOCC3)cc2)C1. The van der Waals surface area contributed by atoms with Gasteiger partial charge in [0.05, 0.1) is 19.8 Å². The molecule has 6 nitrogen and oxygen atoms in total. The molecule has 0 saturated carbocycles. The van der Waals surface area contributed by atoms with E-state index < -0.39 is 0 Å². The van der Waals surface area contributed by atoms with Crippen LogP contribution in [0.2, 0.25) is 0 Å². The second-order valence-corrected chi connectivity index (χ2v) is 7.88. The molecule has 0 aliphatic carbocycles. The number of morpholine rings is 1. The van der Waals surface area contributed by atoms with E-state index in [2.05, 4.69) is 34.2 Å². The number of ketones is 1. The summed E-state index contributed by atoms with van der Waals surface area (Å²) in [6.45, 7) is 12.0. The van der Waals surface area contributed by atoms with E-state index in [9.17, 15) is 4.79 Å². The van der Waals surface area contributed by atoms with Crippen LogP contribution >= 0.6 is 0 Å².